The van der Waals surface area contributed by atoms with Gasteiger partial charge < -0.3 is 20.1 Å². The van der Waals surface area contributed by atoms with E-state index in [1.165, 1.54) is 14.0 Å². The first kappa shape index (κ1) is 21.4. The van der Waals surface area contributed by atoms with E-state index >= 15 is 0 Å². The molecule has 2 aromatic carbocycles. The van der Waals surface area contributed by atoms with Crippen LogP contribution in [0.5, 0.6) is 5.75 Å². The highest BCUT2D eigenvalue weighted by Crippen LogP contribution is 2.42. The van der Waals surface area contributed by atoms with Crippen molar-refractivity contribution >= 4 is 29.2 Å². The van der Waals surface area contributed by atoms with Crippen LogP contribution < -0.4 is 15.4 Å². The molecule has 0 unspecified atom stereocenters. The van der Waals surface area contributed by atoms with E-state index in [2.05, 4.69) is 10.6 Å². The third kappa shape index (κ3) is 4.79. The Morgan fingerprint density at radius 3 is 2.33 bits per heavy atom. The Labute approximate surface area is 175 Å². The van der Waals surface area contributed by atoms with Crippen molar-refractivity contribution in [3.8, 4) is 5.75 Å². The summed E-state index contributed by atoms with van der Waals surface area (Å²) in [7, 11) is 1.48. The molecular formula is C23H26N2O5. The number of nitrogens with one attached hydrogen (secondary N) is 2. The van der Waals surface area contributed by atoms with Crippen LogP contribution in [0.4, 0.5) is 11.4 Å². The van der Waals surface area contributed by atoms with Gasteiger partial charge in [0.1, 0.15) is 5.75 Å². The predicted octanol–water partition coefficient (Wildman–Crippen LogP) is 3.65. The molecule has 1 aliphatic rings. The van der Waals surface area contributed by atoms with E-state index < -0.39 is 17.9 Å². The largest absolute Gasteiger partial charge is 0.495 e. The zero-order chi connectivity index (χ0) is 21.6. The molecule has 0 bridgehead atoms. The molecule has 2 amide bonds. The molecule has 3 rings (SSSR count). The molecule has 7 nitrogen and oxygen atoms in total. The maximum atomic E-state index is 12.9. The van der Waals surface area contributed by atoms with Crippen LogP contribution >= 0.6 is 0 Å². The molecule has 1 fully saturated rings. The van der Waals surface area contributed by atoms with Gasteiger partial charge in [-0.2, -0.15) is 0 Å². The van der Waals surface area contributed by atoms with Crippen molar-refractivity contribution in [2.75, 3.05) is 24.4 Å². The number of hydrogen-bond donors (Lipinski definition) is 2. The van der Waals surface area contributed by atoms with Crippen LogP contribution in [-0.4, -0.2) is 31.5 Å². The van der Waals surface area contributed by atoms with Gasteiger partial charge in [-0.1, -0.05) is 43.2 Å². The predicted molar refractivity (Wildman–Crippen MR) is 113 cm³/mol. The highest BCUT2D eigenvalue weighted by molar-refractivity contribution is 5.96. The van der Waals surface area contributed by atoms with Gasteiger partial charge in [0.05, 0.1) is 18.2 Å². The van der Waals surface area contributed by atoms with Gasteiger partial charge >= 0.3 is 5.97 Å². The van der Waals surface area contributed by atoms with Gasteiger partial charge in [-0.25, -0.2) is 0 Å². The third-order valence-electron chi connectivity index (χ3n) is 5.30. The van der Waals surface area contributed by atoms with E-state index in [9.17, 15) is 14.4 Å². The van der Waals surface area contributed by atoms with E-state index in [0.29, 0.717) is 30.0 Å². The minimum absolute atomic E-state index is 0.228. The van der Waals surface area contributed by atoms with Crippen molar-refractivity contribution in [1.82, 2.24) is 0 Å². The summed E-state index contributed by atoms with van der Waals surface area (Å²) in [4.78, 5) is 36.7. The van der Waals surface area contributed by atoms with Gasteiger partial charge in [0.2, 0.25) is 5.91 Å². The lowest BCUT2D eigenvalue weighted by atomic mass is 9.79. The Bertz CT molecular complexity index is 920. The highest BCUT2D eigenvalue weighted by atomic mass is 16.5. The summed E-state index contributed by atoms with van der Waals surface area (Å²) in [5.74, 6) is -0.655. The molecule has 7 heteroatoms. The molecule has 0 heterocycles. The monoisotopic (exact) mass is 410 g/mol. The summed E-state index contributed by atoms with van der Waals surface area (Å²) in [6, 6.07) is 14.5. The van der Waals surface area contributed by atoms with Crippen molar-refractivity contribution in [3.63, 3.8) is 0 Å². The molecule has 1 saturated carbocycles. The standard InChI is InChI=1S/C23H26N2O5/c1-16(26)24-18-10-11-20(29-2)19(14-18)25-21(27)15-30-22(28)23(12-6-7-13-23)17-8-4-3-5-9-17/h3-5,8-11,14H,6-7,12-13,15H2,1-2H3,(H,24,26)(H,25,27). The molecule has 0 aromatic heterocycles. The summed E-state index contributed by atoms with van der Waals surface area (Å²) in [6.45, 7) is 0.995. The zero-order valence-corrected chi connectivity index (χ0v) is 17.2. The topological polar surface area (TPSA) is 93.7 Å². The fourth-order valence-corrected chi connectivity index (χ4v) is 3.89. The van der Waals surface area contributed by atoms with Crippen molar-refractivity contribution in [3.05, 3.63) is 54.1 Å². The zero-order valence-electron chi connectivity index (χ0n) is 17.2. The minimum atomic E-state index is -0.690. The molecule has 30 heavy (non-hydrogen) atoms. The van der Waals surface area contributed by atoms with E-state index in [0.717, 1.165) is 18.4 Å². The van der Waals surface area contributed by atoms with Crippen molar-refractivity contribution < 1.29 is 23.9 Å². The van der Waals surface area contributed by atoms with Crippen LogP contribution in [0.1, 0.15) is 38.2 Å². The number of amides is 2. The molecule has 0 spiro atoms. The number of ether oxygens (including phenoxy) is 2. The van der Waals surface area contributed by atoms with E-state index in [-0.39, 0.29) is 11.9 Å². The molecule has 0 aliphatic heterocycles. The first-order valence-corrected chi connectivity index (χ1v) is 9.93. The second-order valence-corrected chi connectivity index (χ2v) is 7.38. The lowest BCUT2D eigenvalue weighted by Crippen LogP contribution is -2.36. The van der Waals surface area contributed by atoms with Gasteiger partial charge in [-0.3, -0.25) is 14.4 Å². The number of methoxy groups -OCH3 is 1. The Balaban J connectivity index is 1.67. The van der Waals surface area contributed by atoms with Crippen LogP contribution in [0.2, 0.25) is 0 Å². The second kappa shape index (κ2) is 9.43. The SMILES string of the molecule is COc1ccc(NC(C)=O)cc1NC(=O)COC(=O)C1(c2ccccc2)CCCC1. The Morgan fingerprint density at radius 2 is 1.70 bits per heavy atom. The number of esters is 1. The van der Waals surface area contributed by atoms with Crippen LogP contribution in [0.15, 0.2) is 48.5 Å². The number of carbonyl (C=O) groups is 3. The van der Waals surface area contributed by atoms with Crippen LogP contribution in [-0.2, 0) is 24.5 Å². The van der Waals surface area contributed by atoms with Gasteiger partial charge in [-0.15, -0.1) is 0 Å². The molecule has 158 valence electrons. The lowest BCUT2D eigenvalue weighted by molar-refractivity contribution is -0.153. The third-order valence-corrected chi connectivity index (χ3v) is 5.30. The highest BCUT2D eigenvalue weighted by Gasteiger charge is 2.44. The molecule has 0 atom stereocenters. The normalized spacial score (nSPS) is 14.6. The molecule has 2 N–H and O–H groups in total. The smallest absolute Gasteiger partial charge is 0.317 e. The van der Waals surface area contributed by atoms with Crippen molar-refractivity contribution in [2.24, 2.45) is 0 Å². The molecule has 0 saturated heterocycles. The molecule has 0 radical (unpaired) electrons. The Hall–Kier alpha value is -3.35. The van der Waals surface area contributed by atoms with Crippen molar-refractivity contribution in [1.29, 1.82) is 0 Å². The quantitative estimate of drug-likeness (QED) is 0.680. The molecular weight excluding hydrogens is 384 g/mol. The Morgan fingerprint density at radius 1 is 1.00 bits per heavy atom. The maximum absolute atomic E-state index is 12.9. The molecule has 1 aliphatic carbocycles. The number of hydrogen-bond acceptors (Lipinski definition) is 5. The fraction of sp³-hybridized carbons (Fsp3) is 0.348. The summed E-state index contributed by atoms with van der Waals surface area (Å²) in [5, 5.41) is 5.33. The minimum Gasteiger partial charge on any atom is -0.495 e. The van der Waals surface area contributed by atoms with Crippen LogP contribution in [0.3, 0.4) is 0 Å². The average molecular weight is 410 g/mol. The van der Waals surface area contributed by atoms with Gasteiger partial charge in [-0.05, 0) is 36.6 Å². The van der Waals surface area contributed by atoms with E-state index in [1.807, 2.05) is 30.3 Å². The van der Waals surface area contributed by atoms with Gasteiger partial charge in [0.25, 0.3) is 5.91 Å². The summed E-state index contributed by atoms with van der Waals surface area (Å²) < 4.78 is 10.7. The fourth-order valence-electron chi connectivity index (χ4n) is 3.89. The summed E-state index contributed by atoms with van der Waals surface area (Å²) >= 11 is 0. The van der Waals surface area contributed by atoms with Gasteiger partial charge in [0, 0.05) is 12.6 Å². The van der Waals surface area contributed by atoms with E-state index in [4.69, 9.17) is 9.47 Å². The lowest BCUT2D eigenvalue weighted by Gasteiger charge is -2.27. The van der Waals surface area contributed by atoms with Gasteiger partial charge in [0.15, 0.2) is 6.61 Å². The van der Waals surface area contributed by atoms with Crippen LogP contribution in [0, 0.1) is 0 Å². The second-order valence-electron chi connectivity index (χ2n) is 7.38. The summed E-state index contributed by atoms with van der Waals surface area (Å²) in [5.41, 5.74) is 1.13. The molecule has 2 aromatic rings. The average Bonchev–Trinajstić information content (AvgIpc) is 3.24. The number of anilines is 2. The maximum Gasteiger partial charge on any atom is 0.317 e. The van der Waals surface area contributed by atoms with Crippen molar-refractivity contribution in [2.45, 2.75) is 38.0 Å². The number of carbonyl (C=O) groups excluding carboxylic acids is 3. The Kier molecular flexibility index (Phi) is 6.72. The van der Waals surface area contributed by atoms with Crippen LogP contribution in [0.25, 0.3) is 0 Å². The van der Waals surface area contributed by atoms with E-state index in [1.54, 1.807) is 18.2 Å². The number of rotatable bonds is 7. The first-order valence-electron chi connectivity index (χ1n) is 9.93. The first-order chi connectivity index (χ1) is 14.4. The number of benzene rings is 2. The summed E-state index contributed by atoms with van der Waals surface area (Å²) in [6.07, 6.45) is 3.32.